The zero-order chi connectivity index (χ0) is 23.3. The molecule has 0 aliphatic carbocycles. The van der Waals surface area contributed by atoms with Gasteiger partial charge in [0, 0.05) is 19.2 Å². The van der Waals surface area contributed by atoms with Gasteiger partial charge in [-0.15, -0.1) is 0 Å². The van der Waals surface area contributed by atoms with Crippen molar-refractivity contribution in [2.45, 2.75) is 18.4 Å². The number of halogens is 1. The minimum absolute atomic E-state index is 0.0525. The molecule has 0 fully saturated rings. The zero-order valence-electron chi connectivity index (χ0n) is 17.5. The van der Waals surface area contributed by atoms with Gasteiger partial charge in [-0.1, -0.05) is 59.6 Å². The summed E-state index contributed by atoms with van der Waals surface area (Å²) in [7, 11) is -2.42. The van der Waals surface area contributed by atoms with E-state index >= 15 is 0 Å². The van der Waals surface area contributed by atoms with Crippen molar-refractivity contribution < 1.29 is 18.0 Å². The molecule has 0 heterocycles. The van der Waals surface area contributed by atoms with E-state index in [1.165, 1.54) is 29.6 Å². The normalized spacial score (nSPS) is 11.2. The van der Waals surface area contributed by atoms with Crippen LogP contribution in [0.25, 0.3) is 0 Å². The van der Waals surface area contributed by atoms with Crippen LogP contribution in [0.3, 0.4) is 0 Å². The Balaban J connectivity index is 1.74. The van der Waals surface area contributed by atoms with Crippen LogP contribution in [0.1, 0.15) is 31.8 Å². The number of hydrogen-bond donors (Lipinski definition) is 2. The second kappa shape index (κ2) is 9.95. The largest absolute Gasteiger partial charge is 0.271 e. The summed E-state index contributed by atoms with van der Waals surface area (Å²) in [4.78, 5) is 24.7. The number of sulfonamides is 1. The predicted octanol–water partition coefficient (Wildman–Crippen LogP) is 3.54. The average Bonchev–Trinajstić information content (AvgIpc) is 2.78. The number of rotatable bonds is 6. The van der Waals surface area contributed by atoms with Gasteiger partial charge in [0.1, 0.15) is 0 Å². The molecule has 3 aromatic rings. The fourth-order valence-corrected chi connectivity index (χ4v) is 4.29. The Hall–Kier alpha value is -3.20. The number of nitrogens with one attached hydrogen (secondary N) is 2. The van der Waals surface area contributed by atoms with E-state index in [0.29, 0.717) is 5.56 Å². The van der Waals surface area contributed by atoms with Crippen LogP contribution >= 0.6 is 11.6 Å². The van der Waals surface area contributed by atoms with Crippen molar-refractivity contribution in [3.8, 4) is 0 Å². The van der Waals surface area contributed by atoms with Crippen LogP contribution in [-0.2, 0) is 16.6 Å². The van der Waals surface area contributed by atoms with E-state index in [2.05, 4.69) is 10.9 Å². The number of nitrogens with zero attached hydrogens (tertiary/aromatic N) is 1. The second-order valence-electron chi connectivity index (χ2n) is 7.16. The van der Waals surface area contributed by atoms with Gasteiger partial charge < -0.3 is 0 Å². The molecule has 0 saturated heterocycles. The van der Waals surface area contributed by atoms with Gasteiger partial charge in [-0.25, -0.2) is 8.42 Å². The zero-order valence-corrected chi connectivity index (χ0v) is 19.1. The van der Waals surface area contributed by atoms with Crippen LogP contribution in [0.5, 0.6) is 0 Å². The lowest BCUT2D eigenvalue weighted by Gasteiger charge is -2.18. The molecule has 0 atom stereocenters. The van der Waals surface area contributed by atoms with E-state index in [4.69, 9.17) is 11.6 Å². The Morgan fingerprint density at radius 1 is 0.906 bits per heavy atom. The third kappa shape index (κ3) is 5.53. The molecule has 2 N–H and O–H groups in total. The van der Waals surface area contributed by atoms with Gasteiger partial charge in [-0.3, -0.25) is 20.4 Å². The molecule has 0 saturated carbocycles. The number of carbonyl (C=O) groups excluding carboxylic acids is 2. The van der Waals surface area contributed by atoms with Crippen molar-refractivity contribution in [1.82, 2.24) is 15.2 Å². The number of hydrogen-bond acceptors (Lipinski definition) is 4. The van der Waals surface area contributed by atoms with Crippen molar-refractivity contribution in [2.24, 2.45) is 0 Å². The highest BCUT2D eigenvalue weighted by atomic mass is 35.5. The van der Waals surface area contributed by atoms with Crippen molar-refractivity contribution in [1.29, 1.82) is 0 Å². The Labute approximate surface area is 192 Å². The fraction of sp³-hybridized carbons (Fsp3) is 0.130. The summed E-state index contributed by atoms with van der Waals surface area (Å²) in [5, 5.41) is 0.0525. The fourth-order valence-electron chi connectivity index (χ4n) is 2.90. The molecule has 0 aliphatic heterocycles. The molecule has 166 valence electrons. The Kier molecular flexibility index (Phi) is 7.29. The van der Waals surface area contributed by atoms with E-state index in [-0.39, 0.29) is 22.0 Å². The highest BCUT2D eigenvalue weighted by Crippen LogP contribution is 2.23. The molecule has 9 heteroatoms. The van der Waals surface area contributed by atoms with E-state index in [1.807, 2.05) is 37.3 Å². The van der Waals surface area contributed by atoms with Gasteiger partial charge in [-0.2, -0.15) is 4.31 Å². The minimum atomic E-state index is -3.88. The summed E-state index contributed by atoms with van der Waals surface area (Å²) in [5.41, 5.74) is 6.67. The molecule has 0 aliphatic rings. The SMILES string of the molecule is Cc1ccc(C(=O)NNC(=O)c2cc(S(=O)(=O)N(C)Cc3ccccc3)ccc2Cl)cc1. The number of amides is 2. The van der Waals surface area contributed by atoms with Crippen molar-refractivity contribution in [3.05, 3.63) is 100 Å². The molecule has 0 aromatic heterocycles. The lowest BCUT2D eigenvalue weighted by atomic mass is 10.1. The third-order valence-corrected chi connectivity index (χ3v) is 6.87. The molecule has 2 amide bonds. The Morgan fingerprint density at radius 2 is 1.53 bits per heavy atom. The summed E-state index contributed by atoms with van der Waals surface area (Å²) < 4.78 is 27.2. The molecule has 3 aromatic carbocycles. The average molecular weight is 472 g/mol. The lowest BCUT2D eigenvalue weighted by Crippen LogP contribution is -2.41. The van der Waals surface area contributed by atoms with Crippen LogP contribution in [-0.4, -0.2) is 31.6 Å². The van der Waals surface area contributed by atoms with E-state index in [1.54, 1.807) is 24.3 Å². The van der Waals surface area contributed by atoms with Crippen molar-refractivity contribution in [2.75, 3.05) is 7.05 Å². The van der Waals surface area contributed by atoms with Crippen LogP contribution in [0.15, 0.2) is 77.7 Å². The monoisotopic (exact) mass is 471 g/mol. The number of hydrazine groups is 1. The topological polar surface area (TPSA) is 95.6 Å². The molecule has 7 nitrogen and oxygen atoms in total. The summed E-state index contributed by atoms with van der Waals surface area (Å²) in [6.07, 6.45) is 0. The molecule has 0 unspecified atom stereocenters. The van der Waals surface area contributed by atoms with Gasteiger partial charge in [-0.05, 0) is 42.8 Å². The first-order valence-corrected chi connectivity index (χ1v) is 11.5. The van der Waals surface area contributed by atoms with Crippen LogP contribution < -0.4 is 10.9 Å². The van der Waals surface area contributed by atoms with Crippen LogP contribution in [0.4, 0.5) is 0 Å². The van der Waals surface area contributed by atoms with Crippen molar-refractivity contribution >= 4 is 33.4 Å². The van der Waals surface area contributed by atoms with Crippen LogP contribution in [0.2, 0.25) is 5.02 Å². The third-order valence-electron chi connectivity index (χ3n) is 4.74. The standard InChI is InChI=1S/C23H22ClN3O4S/c1-16-8-10-18(11-9-16)22(28)25-26-23(29)20-14-19(12-13-21(20)24)32(30,31)27(2)15-17-6-4-3-5-7-17/h3-14H,15H2,1-2H3,(H,25,28)(H,26,29). The van der Waals surface area contributed by atoms with Gasteiger partial charge in [0.05, 0.1) is 15.5 Å². The molecule has 32 heavy (non-hydrogen) atoms. The Morgan fingerprint density at radius 3 is 2.19 bits per heavy atom. The number of carbonyl (C=O) groups is 2. The highest BCUT2D eigenvalue weighted by Gasteiger charge is 2.23. The highest BCUT2D eigenvalue weighted by molar-refractivity contribution is 7.89. The van der Waals surface area contributed by atoms with Crippen LogP contribution in [0, 0.1) is 6.92 Å². The molecular formula is C23H22ClN3O4S. The first-order chi connectivity index (χ1) is 15.2. The van der Waals surface area contributed by atoms with Gasteiger partial charge in [0.25, 0.3) is 11.8 Å². The Bertz CT molecular complexity index is 1230. The molecule has 3 rings (SSSR count). The van der Waals surface area contributed by atoms with E-state index in [0.717, 1.165) is 11.1 Å². The summed E-state index contributed by atoms with van der Waals surface area (Å²) in [6.45, 7) is 2.06. The second-order valence-corrected chi connectivity index (χ2v) is 9.61. The molecule has 0 radical (unpaired) electrons. The van der Waals surface area contributed by atoms with Gasteiger partial charge >= 0.3 is 0 Å². The summed E-state index contributed by atoms with van der Waals surface area (Å²) >= 11 is 6.12. The maximum Gasteiger partial charge on any atom is 0.271 e. The quantitative estimate of drug-likeness (QED) is 0.537. The minimum Gasteiger partial charge on any atom is -0.267 e. The van der Waals surface area contributed by atoms with Gasteiger partial charge in [0.2, 0.25) is 10.0 Å². The van der Waals surface area contributed by atoms with E-state index in [9.17, 15) is 18.0 Å². The first-order valence-electron chi connectivity index (χ1n) is 9.65. The first kappa shape index (κ1) is 23.5. The summed E-state index contributed by atoms with van der Waals surface area (Å²) in [5.74, 6) is -1.25. The maximum atomic E-state index is 13.0. The maximum absolute atomic E-state index is 13.0. The smallest absolute Gasteiger partial charge is 0.267 e. The molecule has 0 bridgehead atoms. The molecule has 0 spiro atoms. The van der Waals surface area contributed by atoms with E-state index < -0.39 is 21.8 Å². The summed E-state index contributed by atoms with van der Waals surface area (Å²) in [6, 6.07) is 19.8. The van der Waals surface area contributed by atoms with Gasteiger partial charge in [0.15, 0.2) is 0 Å². The lowest BCUT2D eigenvalue weighted by molar-refractivity contribution is 0.0846. The number of benzene rings is 3. The predicted molar refractivity (Wildman–Crippen MR) is 123 cm³/mol. The molecular weight excluding hydrogens is 450 g/mol. The number of aryl methyl sites for hydroxylation is 1. The van der Waals surface area contributed by atoms with Crippen molar-refractivity contribution in [3.63, 3.8) is 0 Å².